The number of ether oxygens (including phenoxy) is 1. The highest BCUT2D eigenvalue weighted by atomic mass is 32.1. The summed E-state index contributed by atoms with van der Waals surface area (Å²) in [6.45, 7) is 6.51. The van der Waals surface area contributed by atoms with Crippen LogP contribution in [0.4, 0.5) is 5.13 Å². The smallest absolute Gasteiger partial charge is 0.278 e. The summed E-state index contributed by atoms with van der Waals surface area (Å²) in [6.07, 6.45) is 2.09. The summed E-state index contributed by atoms with van der Waals surface area (Å²) in [5.74, 6) is -0.477. The molecule has 2 N–H and O–H groups in total. The number of nitrogens with one attached hydrogen (secondary N) is 2. The highest BCUT2D eigenvalue weighted by Crippen LogP contribution is 2.31. The van der Waals surface area contributed by atoms with Crippen LogP contribution in [-0.2, 0) is 17.9 Å². The Morgan fingerprint density at radius 2 is 1.95 bits per heavy atom. The van der Waals surface area contributed by atoms with E-state index in [2.05, 4.69) is 20.6 Å². The second-order valence-electron chi connectivity index (χ2n) is 9.78. The first-order chi connectivity index (χ1) is 18.7. The number of methoxy groups -OCH3 is 1. The Morgan fingerprint density at radius 3 is 2.67 bits per heavy atom. The van der Waals surface area contributed by atoms with Gasteiger partial charge in [0.25, 0.3) is 11.8 Å². The molecule has 0 saturated heterocycles. The summed E-state index contributed by atoms with van der Waals surface area (Å²) in [6, 6.07) is 13.3. The van der Waals surface area contributed by atoms with Crippen molar-refractivity contribution >= 4 is 44.4 Å². The van der Waals surface area contributed by atoms with Crippen LogP contribution in [0.5, 0.6) is 5.75 Å². The van der Waals surface area contributed by atoms with Gasteiger partial charge in [0.15, 0.2) is 10.8 Å². The largest absolute Gasteiger partial charge is 0.497 e. The summed E-state index contributed by atoms with van der Waals surface area (Å²) in [5, 5.41) is 6.20. The van der Waals surface area contributed by atoms with Gasteiger partial charge in [-0.1, -0.05) is 36.5 Å². The van der Waals surface area contributed by atoms with E-state index in [9.17, 15) is 14.4 Å². The molecular weight excluding hydrogens is 516 g/mol. The van der Waals surface area contributed by atoms with Crippen molar-refractivity contribution in [3.63, 3.8) is 0 Å². The fourth-order valence-electron chi connectivity index (χ4n) is 4.79. The molecular formula is C28H30N6O4S. The molecule has 0 bridgehead atoms. The maximum Gasteiger partial charge on any atom is 0.278 e. The third kappa shape index (κ3) is 4.97. The van der Waals surface area contributed by atoms with E-state index in [4.69, 9.17) is 4.74 Å². The Morgan fingerprint density at radius 1 is 1.18 bits per heavy atom. The highest BCUT2D eigenvalue weighted by molar-refractivity contribution is 7.22. The number of aromatic nitrogens is 3. The second-order valence-corrected chi connectivity index (χ2v) is 10.8. The van der Waals surface area contributed by atoms with Crippen molar-refractivity contribution in [3.05, 3.63) is 71.3 Å². The molecule has 1 unspecified atom stereocenters. The molecule has 1 aliphatic heterocycles. The summed E-state index contributed by atoms with van der Waals surface area (Å²) < 4.78 is 7.74. The van der Waals surface area contributed by atoms with Gasteiger partial charge < -0.3 is 19.5 Å². The van der Waals surface area contributed by atoms with Gasteiger partial charge in [-0.05, 0) is 55.7 Å². The molecule has 4 aromatic rings. The second kappa shape index (κ2) is 10.5. The lowest BCUT2D eigenvalue weighted by molar-refractivity contribution is -0.133. The lowest BCUT2D eigenvalue weighted by Gasteiger charge is -2.43. The van der Waals surface area contributed by atoms with E-state index in [0.717, 1.165) is 27.1 Å². The molecule has 2 aromatic carbocycles. The molecule has 1 aliphatic rings. The van der Waals surface area contributed by atoms with E-state index in [1.54, 1.807) is 23.5 Å². The molecule has 39 heavy (non-hydrogen) atoms. The maximum atomic E-state index is 13.8. The first kappa shape index (κ1) is 26.4. The van der Waals surface area contributed by atoms with Crippen LogP contribution in [0.15, 0.2) is 48.8 Å². The number of hydrogen-bond acceptors (Lipinski definition) is 7. The summed E-state index contributed by atoms with van der Waals surface area (Å²) in [7, 11) is 1.60. The Hall–Kier alpha value is -4.25. The molecule has 3 heterocycles. The van der Waals surface area contributed by atoms with Crippen molar-refractivity contribution in [2.24, 2.45) is 0 Å². The molecule has 5 rings (SSSR count). The van der Waals surface area contributed by atoms with Gasteiger partial charge in [0.1, 0.15) is 17.0 Å². The van der Waals surface area contributed by atoms with E-state index >= 15 is 0 Å². The molecule has 2 aromatic heterocycles. The van der Waals surface area contributed by atoms with Gasteiger partial charge >= 0.3 is 0 Å². The molecule has 3 amide bonds. The zero-order valence-electron chi connectivity index (χ0n) is 22.3. The number of carbonyl (C=O) groups excluding carboxylic acids is 3. The number of carbonyl (C=O) groups is 3. The van der Waals surface area contributed by atoms with E-state index in [0.29, 0.717) is 24.6 Å². The summed E-state index contributed by atoms with van der Waals surface area (Å²) >= 11 is 1.36. The first-order valence-electron chi connectivity index (χ1n) is 12.7. The van der Waals surface area contributed by atoms with Crippen LogP contribution in [0.25, 0.3) is 10.2 Å². The number of fused-ring (bicyclic) bond motifs is 2. The van der Waals surface area contributed by atoms with Crippen molar-refractivity contribution in [2.45, 2.75) is 45.8 Å². The van der Waals surface area contributed by atoms with Crippen molar-refractivity contribution < 1.29 is 19.1 Å². The molecule has 10 nitrogen and oxygen atoms in total. The Balaban J connectivity index is 1.37. The van der Waals surface area contributed by atoms with Gasteiger partial charge in [-0.25, -0.2) is 9.97 Å². The average Bonchev–Trinajstić information content (AvgIpc) is 3.53. The molecule has 11 heteroatoms. The molecule has 0 spiro atoms. The average molecular weight is 547 g/mol. The van der Waals surface area contributed by atoms with Crippen molar-refractivity contribution in [1.29, 1.82) is 0 Å². The van der Waals surface area contributed by atoms with Crippen LogP contribution in [0, 0.1) is 6.92 Å². The molecule has 202 valence electrons. The maximum absolute atomic E-state index is 13.8. The van der Waals surface area contributed by atoms with Crippen LogP contribution < -0.4 is 15.4 Å². The normalized spacial score (nSPS) is 16.7. The van der Waals surface area contributed by atoms with E-state index in [1.165, 1.54) is 17.7 Å². The number of imidazole rings is 1. The third-order valence-electron chi connectivity index (χ3n) is 6.89. The SMILES string of the molecule is CCCN1C(=O)c2c(C(=O)Nc3nc4ccc(C)cc4s3)ncn2CC1(C)C(=O)NCc1ccc(OC)cc1. The molecule has 0 fully saturated rings. The lowest BCUT2D eigenvalue weighted by Crippen LogP contribution is -2.64. The van der Waals surface area contributed by atoms with Crippen molar-refractivity contribution in [2.75, 3.05) is 19.0 Å². The molecule has 1 atom stereocenters. The first-order valence-corrected chi connectivity index (χ1v) is 13.5. The van der Waals surface area contributed by atoms with E-state index < -0.39 is 17.4 Å². The van der Waals surface area contributed by atoms with E-state index in [1.807, 2.05) is 56.3 Å². The van der Waals surface area contributed by atoms with Gasteiger partial charge in [0, 0.05) is 13.1 Å². The molecule has 0 radical (unpaired) electrons. The van der Waals surface area contributed by atoms with Gasteiger partial charge in [-0.2, -0.15) is 0 Å². The highest BCUT2D eigenvalue weighted by Gasteiger charge is 2.48. The van der Waals surface area contributed by atoms with Crippen LogP contribution in [0.3, 0.4) is 0 Å². The Kier molecular flexibility index (Phi) is 7.09. The minimum atomic E-state index is -1.16. The zero-order valence-corrected chi connectivity index (χ0v) is 23.1. The molecule has 0 saturated carbocycles. The van der Waals surface area contributed by atoms with Crippen molar-refractivity contribution in [1.82, 2.24) is 24.8 Å². The number of aryl methyl sites for hydroxylation is 1. The number of nitrogens with zero attached hydrogens (tertiary/aromatic N) is 4. The predicted molar refractivity (Wildman–Crippen MR) is 149 cm³/mol. The minimum absolute atomic E-state index is 0.0113. The van der Waals surface area contributed by atoms with E-state index in [-0.39, 0.29) is 23.8 Å². The lowest BCUT2D eigenvalue weighted by atomic mass is 9.94. The zero-order chi connectivity index (χ0) is 27.7. The molecule has 0 aliphatic carbocycles. The Bertz CT molecular complexity index is 1560. The fraction of sp³-hybridized carbons (Fsp3) is 0.321. The van der Waals surface area contributed by atoms with Crippen LogP contribution >= 0.6 is 11.3 Å². The number of hydrogen-bond donors (Lipinski definition) is 2. The van der Waals surface area contributed by atoms with Crippen molar-refractivity contribution in [3.8, 4) is 5.75 Å². The Labute approximate surface area is 230 Å². The van der Waals surface area contributed by atoms with Crippen LogP contribution in [-0.4, -0.2) is 56.3 Å². The monoisotopic (exact) mass is 546 g/mol. The topological polar surface area (TPSA) is 118 Å². The minimum Gasteiger partial charge on any atom is -0.497 e. The van der Waals surface area contributed by atoms with Gasteiger partial charge in [0.05, 0.1) is 30.2 Å². The number of rotatable bonds is 8. The number of thiazole rings is 1. The number of benzene rings is 2. The quantitative estimate of drug-likeness (QED) is 0.345. The van der Waals surface area contributed by atoms with Gasteiger partial charge in [0.2, 0.25) is 5.91 Å². The summed E-state index contributed by atoms with van der Waals surface area (Å²) in [4.78, 5) is 50.8. The number of amides is 3. The number of anilines is 1. The van der Waals surface area contributed by atoms with Gasteiger partial charge in [-0.3, -0.25) is 19.7 Å². The fourth-order valence-corrected chi connectivity index (χ4v) is 5.74. The summed E-state index contributed by atoms with van der Waals surface area (Å²) in [5.41, 5.74) is 1.81. The third-order valence-corrected chi connectivity index (χ3v) is 7.82. The van der Waals surface area contributed by atoms with Crippen LogP contribution in [0.1, 0.15) is 52.4 Å². The van der Waals surface area contributed by atoms with Crippen LogP contribution in [0.2, 0.25) is 0 Å². The van der Waals surface area contributed by atoms with Gasteiger partial charge in [-0.15, -0.1) is 0 Å². The standard InChI is InChI=1S/C28H30N6O4S/c1-5-12-34-25(36)23-22(24(35)32-27-31-20-11-6-17(2)13-21(20)39-27)30-16-33(23)15-28(34,3)26(37)29-14-18-7-9-19(38-4)10-8-18/h6-11,13,16H,5,12,14-15H2,1-4H3,(H,29,37)(H,31,32,35). The predicted octanol–water partition coefficient (Wildman–Crippen LogP) is 4.00.